The predicted octanol–water partition coefficient (Wildman–Crippen LogP) is -0.924. The molecule has 1 fully saturated rings. The molecule has 2 rings (SSSR count). The highest BCUT2D eigenvalue weighted by molar-refractivity contribution is 5.88. The first-order valence-corrected chi connectivity index (χ1v) is 5.50. The number of anilines is 1. The number of nitrogens with one attached hydrogen (secondary N) is 2. The summed E-state index contributed by atoms with van der Waals surface area (Å²) in [5.41, 5.74) is -0.326. The van der Waals surface area contributed by atoms with Gasteiger partial charge in [-0.25, -0.2) is 9.89 Å². The molecule has 3 amide bonds. The summed E-state index contributed by atoms with van der Waals surface area (Å²) >= 11 is 0. The number of piperazine rings is 1. The van der Waals surface area contributed by atoms with Crippen molar-refractivity contribution in [2.45, 2.75) is 0 Å². The van der Waals surface area contributed by atoms with E-state index in [2.05, 4.69) is 15.5 Å². The van der Waals surface area contributed by atoms with Gasteiger partial charge in [0.2, 0.25) is 6.41 Å². The Morgan fingerprint density at radius 2 is 2.06 bits per heavy atom. The van der Waals surface area contributed by atoms with Gasteiger partial charge in [-0.1, -0.05) is 0 Å². The second-order valence-electron chi connectivity index (χ2n) is 3.87. The highest BCUT2D eigenvalue weighted by Crippen LogP contribution is 2.03. The van der Waals surface area contributed by atoms with Crippen LogP contribution in [0.2, 0.25) is 0 Å². The molecular formula is C10H13N5O3. The average molecular weight is 251 g/mol. The first kappa shape index (κ1) is 12.1. The zero-order chi connectivity index (χ0) is 13.0. The number of amides is 3. The third-order valence-corrected chi connectivity index (χ3v) is 2.66. The van der Waals surface area contributed by atoms with Gasteiger partial charge in [-0.05, 0) is 6.07 Å². The molecule has 8 nitrogen and oxygen atoms in total. The van der Waals surface area contributed by atoms with Crippen LogP contribution in [0.1, 0.15) is 0 Å². The minimum Gasteiger partial charge on any atom is -0.342 e. The van der Waals surface area contributed by atoms with Crippen molar-refractivity contribution in [2.75, 3.05) is 31.5 Å². The molecule has 1 saturated heterocycles. The normalized spacial score (nSPS) is 15.3. The summed E-state index contributed by atoms with van der Waals surface area (Å²) in [5, 5.41) is 8.48. The Balaban J connectivity index is 1.90. The van der Waals surface area contributed by atoms with Gasteiger partial charge in [-0.2, -0.15) is 5.10 Å². The highest BCUT2D eigenvalue weighted by Gasteiger charge is 2.20. The molecule has 2 heterocycles. The van der Waals surface area contributed by atoms with E-state index in [9.17, 15) is 14.4 Å². The van der Waals surface area contributed by atoms with Gasteiger partial charge in [0.05, 0.1) is 0 Å². The molecular weight excluding hydrogens is 238 g/mol. The molecule has 0 spiro atoms. The number of carbonyl (C=O) groups excluding carboxylic acids is 2. The van der Waals surface area contributed by atoms with Crippen LogP contribution in [0.4, 0.5) is 10.6 Å². The van der Waals surface area contributed by atoms with Crippen molar-refractivity contribution in [3.63, 3.8) is 0 Å². The number of rotatable bonds is 2. The Hall–Kier alpha value is -2.38. The SMILES string of the molecule is O=CN1CCN(C(=O)Nc2ccc(=O)[nH]n2)CC1. The lowest BCUT2D eigenvalue weighted by Crippen LogP contribution is -2.49. The molecule has 0 aromatic carbocycles. The zero-order valence-corrected chi connectivity index (χ0v) is 9.63. The van der Waals surface area contributed by atoms with Gasteiger partial charge in [0, 0.05) is 32.2 Å². The van der Waals surface area contributed by atoms with Crippen molar-refractivity contribution in [3.05, 3.63) is 22.5 Å². The third kappa shape index (κ3) is 2.84. The Labute approximate surface area is 103 Å². The zero-order valence-electron chi connectivity index (χ0n) is 9.63. The summed E-state index contributed by atoms with van der Waals surface area (Å²) in [5.74, 6) is 0.289. The van der Waals surface area contributed by atoms with E-state index < -0.39 is 0 Å². The second kappa shape index (κ2) is 5.30. The molecule has 0 bridgehead atoms. The number of aromatic amines is 1. The lowest BCUT2D eigenvalue weighted by atomic mass is 10.3. The summed E-state index contributed by atoms with van der Waals surface area (Å²) in [6.45, 7) is 2.01. The van der Waals surface area contributed by atoms with Crippen LogP contribution in [-0.4, -0.2) is 58.6 Å². The Kier molecular flexibility index (Phi) is 3.56. The molecule has 0 aliphatic carbocycles. The van der Waals surface area contributed by atoms with Crippen LogP contribution in [-0.2, 0) is 4.79 Å². The topological polar surface area (TPSA) is 98.4 Å². The van der Waals surface area contributed by atoms with E-state index in [4.69, 9.17) is 0 Å². The van der Waals surface area contributed by atoms with Crippen LogP contribution in [0.3, 0.4) is 0 Å². The van der Waals surface area contributed by atoms with Crippen LogP contribution in [0.25, 0.3) is 0 Å². The third-order valence-electron chi connectivity index (χ3n) is 2.66. The molecule has 1 aromatic rings. The van der Waals surface area contributed by atoms with Crippen molar-refractivity contribution in [2.24, 2.45) is 0 Å². The summed E-state index contributed by atoms with van der Waals surface area (Å²) < 4.78 is 0. The standard InChI is InChI=1S/C10H13N5O3/c16-7-14-3-5-15(6-4-14)10(18)11-8-1-2-9(17)13-12-8/h1-2,7H,3-6H2,(H,13,17)(H,11,12,18). The van der Waals surface area contributed by atoms with Crippen molar-refractivity contribution in [1.82, 2.24) is 20.0 Å². The minimum absolute atomic E-state index is 0.289. The number of nitrogens with zero attached hydrogens (tertiary/aromatic N) is 3. The Bertz CT molecular complexity index is 472. The molecule has 2 N–H and O–H groups in total. The number of H-pyrrole nitrogens is 1. The molecule has 0 atom stereocenters. The van der Waals surface area contributed by atoms with Crippen LogP contribution in [0.15, 0.2) is 16.9 Å². The molecule has 1 aliphatic rings. The van der Waals surface area contributed by atoms with E-state index in [1.807, 2.05) is 0 Å². The summed E-state index contributed by atoms with van der Waals surface area (Å²) in [4.78, 5) is 36.3. The van der Waals surface area contributed by atoms with Crippen molar-refractivity contribution >= 4 is 18.3 Å². The fraction of sp³-hybridized carbons (Fsp3) is 0.400. The van der Waals surface area contributed by atoms with E-state index in [-0.39, 0.29) is 17.4 Å². The second-order valence-corrected chi connectivity index (χ2v) is 3.87. The van der Waals surface area contributed by atoms with Gasteiger partial charge in [-0.15, -0.1) is 0 Å². The van der Waals surface area contributed by atoms with Gasteiger partial charge in [0.25, 0.3) is 5.56 Å². The maximum Gasteiger partial charge on any atom is 0.323 e. The van der Waals surface area contributed by atoms with E-state index in [1.54, 1.807) is 9.80 Å². The van der Waals surface area contributed by atoms with Gasteiger partial charge in [0.15, 0.2) is 5.82 Å². The predicted molar refractivity (Wildman–Crippen MR) is 63.1 cm³/mol. The van der Waals surface area contributed by atoms with E-state index >= 15 is 0 Å². The summed E-state index contributed by atoms with van der Waals surface area (Å²) in [7, 11) is 0. The summed E-state index contributed by atoms with van der Waals surface area (Å²) in [6.07, 6.45) is 0.777. The number of hydrogen-bond donors (Lipinski definition) is 2. The van der Waals surface area contributed by atoms with Gasteiger partial charge in [0.1, 0.15) is 0 Å². The number of hydrogen-bond acceptors (Lipinski definition) is 4. The number of urea groups is 1. The van der Waals surface area contributed by atoms with Gasteiger partial charge in [-0.3, -0.25) is 14.9 Å². The summed E-state index contributed by atoms with van der Waals surface area (Å²) in [6, 6.07) is 2.42. The van der Waals surface area contributed by atoms with Gasteiger partial charge >= 0.3 is 6.03 Å². The lowest BCUT2D eigenvalue weighted by molar-refractivity contribution is -0.119. The van der Waals surface area contributed by atoms with Crippen LogP contribution in [0, 0.1) is 0 Å². The Morgan fingerprint density at radius 1 is 1.33 bits per heavy atom. The van der Waals surface area contributed by atoms with Crippen LogP contribution >= 0.6 is 0 Å². The fourth-order valence-electron chi connectivity index (χ4n) is 1.63. The molecule has 8 heteroatoms. The van der Waals surface area contributed by atoms with Gasteiger partial charge < -0.3 is 9.80 Å². The molecule has 0 radical (unpaired) electrons. The molecule has 18 heavy (non-hydrogen) atoms. The highest BCUT2D eigenvalue weighted by atomic mass is 16.2. The van der Waals surface area contributed by atoms with Crippen LogP contribution < -0.4 is 10.9 Å². The largest absolute Gasteiger partial charge is 0.342 e. The maximum absolute atomic E-state index is 11.8. The smallest absolute Gasteiger partial charge is 0.323 e. The first-order chi connectivity index (χ1) is 8.69. The van der Waals surface area contributed by atoms with E-state index in [0.29, 0.717) is 26.2 Å². The van der Waals surface area contributed by atoms with E-state index in [0.717, 1.165) is 6.41 Å². The van der Waals surface area contributed by atoms with E-state index in [1.165, 1.54) is 12.1 Å². The molecule has 1 aliphatic heterocycles. The first-order valence-electron chi connectivity index (χ1n) is 5.50. The molecule has 0 saturated carbocycles. The van der Waals surface area contributed by atoms with Crippen molar-refractivity contribution in [1.29, 1.82) is 0 Å². The fourth-order valence-corrected chi connectivity index (χ4v) is 1.63. The van der Waals surface area contributed by atoms with Crippen molar-refractivity contribution < 1.29 is 9.59 Å². The average Bonchev–Trinajstić information content (AvgIpc) is 2.41. The van der Waals surface area contributed by atoms with Crippen LogP contribution in [0.5, 0.6) is 0 Å². The molecule has 0 unspecified atom stereocenters. The quantitative estimate of drug-likeness (QED) is 0.664. The number of carbonyl (C=O) groups is 2. The minimum atomic E-state index is -0.326. The van der Waals surface area contributed by atoms with Crippen molar-refractivity contribution in [3.8, 4) is 0 Å². The molecule has 1 aromatic heterocycles. The number of aromatic nitrogens is 2. The lowest BCUT2D eigenvalue weighted by Gasteiger charge is -2.32. The maximum atomic E-state index is 11.8. The Morgan fingerprint density at radius 3 is 2.61 bits per heavy atom. The monoisotopic (exact) mass is 251 g/mol. The molecule has 96 valence electrons.